The number of thioether (sulfide) groups is 1. The van der Waals surface area contributed by atoms with Gasteiger partial charge in [-0.2, -0.15) is 0 Å². The molecule has 0 aromatic carbocycles. The second-order valence-corrected chi connectivity index (χ2v) is 10.1. The van der Waals surface area contributed by atoms with Gasteiger partial charge in [0, 0.05) is 25.2 Å². The number of oxime groups is 1. The van der Waals surface area contributed by atoms with E-state index in [0.29, 0.717) is 11.3 Å². The summed E-state index contributed by atoms with van der Waals surface area (Å²) < 4.78 is 20.3. The number of fused-ring (bicyclic) bond motifs is 1. The molecule has 0 saturated carbocycles. The summed E-state index contributed by atoms with van der Waals surface area (Å²) in [5, 5.41) is 18.7. The van der Waals surface area contributed by atoms with Gasteiger partial charge in [0.2, 0.25) is 6.29 Å². The number of carbonyl (C=O) groups excluding carboxylic acids is 3. The van der Waals surface area contributed by atoms with Crippen LogP contribution >= 0.6 is 23.1 Å². The third-order valence-corrected chi connectivity index (χ3v) is 7.10. The van der Waals surface area contributed by atoms with Gasteiger partial charge in [-0.3, -0.25) is 4.79 Å². The van der Waals surface area contributed by atoms with Gasteiger partial charge in [-0.25, -0.2) is 14.6 Å². The van der Waals surface area contributed by atoms with E-state index in [4.69, 9.17) is 29.5 Å². The molecule has 0 aliphatic carbocycles. The van der Waals surface area contributed by atoms with E-state index in [2.05, 4.69) is 15.5 Å². The van der Waals surface area contributed by atoms with Crippen molar-refractivity contribution in [2.75, 3.05) is 32.3 Å². The van der Waals surface area contributed by atoms with Crippen LogP contribution in [0.5, 0.6) is 0 Å². The van der Waals surface area contributed by atoms with Gasteiger partial charge in [-0.15, -0.1) is 23.1 Å². The Bertz CT molecular complexity index is 1080. The largest absolute Gasteiger partial charge is 0.511 e. The Hall–Kier alpha value is -3.08. The average molecular weight is 560 g/mol. The lowest BCUT2D eigenvalue weighted by Gasteiger charge is -2.55. The summed E-state index contributed by atoms with van der Waals surface area (Å²) in [4.78, 5) is 48.0. The van der Waals surface area contributed by atoms with Crippen molar-refractivity contribution in [2.45, 2.75) is 50.8 Å². The van der Waals surface area contributed by atoms with E-state index in [1.807, 2.05) is 0 Å². The first-order valence-corrected chi connectivity index (χ1v) is 13.0. The molecule has 16 heteroatoms. The zero-order valence-corrected chi connectivity index (χ0v) is 22.5. The summed E-state index contributed by atoms with van der Waals surface area (Å²) in [6, 6.07) is -0.767. The monoisotopic (exact) mass is 559 g/mol. The molecule has 3 rings (SSSR count). The number of nitrogens with zero attached hydrogens (tertiary/aromatic N) is 3. The van der Waals surface area contributed by atoms with Gasteiger partial charge < -0.3 is 44.8 Å². The fraction of sp³-hybridized carbons (Fsp3) is 0.571. The molecule has 1 amide bonds. The van der Waals surface area contributed by atoms with Crippen LogP contribution < -0.4 is 11.1 Å². The number of esters is 1. The lowest BCUT2D eigenvalue weighted by atomic mass is 10.0. The molecule has 1 fully saturated rings. The molecule has 0 bridgehead atoms. The van der Waals surface area contributed by atoms with Crippen LogP contribution in [-0.2, 0) is 33.4 Å². The van der Waals surface area contributed by atoms with Crippen LogP contribution in [0, 0.1) is 0 Å². The quantitative estimate of drug-likeness (QED) is 0.157. The number of methoxy groups -OCH3 is 1. The number of anilines is 1. The molecule has 204 valence electrons. The topological polar surface area (TPSA) is 184 Å². The summed E-state index contributed by atoms with van der Waals surface area (Å²) in [7, 11) is 2.75. The van der Waals surface area contributed by atoms with Crippen molar-refractivity contribution in [2.24, 2.45) is 5.16 Å². The number of hydrogen-bond acceptors (Lipinski definition) is 15. The van der Waals surface area contributed by atoms with E-state index in [9.17, 15) is 19.5 Å². The highest BCUT2D eigenvalue weighted by molar-refractivity contribution is 8.00. The summed E-state index contributed by atoms with van der Waals surface area (Å²) in [5.74, 6) is -1.10. The predicted octanol–water partition coefficient (Wildman–Crippen LogP) is 0.619. The van der Waals surface area contributed by atoms with Crippen molar-refractivity contribution in [3.8, 4) is 0 Å². The molecule has 3 heterocycles. The standard InChI is InChI=1S/C21H29N5O9S2/c1-9(2)33-21(30)35-10(3)34-19(29)15-11(6-31-4)7-36-18-14(17(28)26(15)18)24-16(27)13(25-32-5)12-8-37-20(22)23-12/h8-10,14,17-18,28H,6-7H2,1-5H3,(H2,22,23)(H,24,27)/b25-13-/t10?,14-,17?,18-/m1/s1. The van der Waals surface area contributed by atoms with Crippen molar-refractivity contribution in [1.82, 2.24) is 15.2 Å². The number of thiazole rings is 1. The van der Waals surface area contributed by atoms with E-state index in [1.165, 1.54) is 37.8 Å². The van der Waals surface area contributed by atoms with Crippen molar-refractivity contribution in [1.29, 1.82) is 0 Å². The highest BCUT2D eigenvalue weighted by Gasteiger charge is 2.54. The molecule has 2 unspecified atom stereocenters. The van der Waals surface area contributed by atoms with Gasteiger partial charge in [0.1, 0.15) is 29.9 Å². The first-order chi connectivity index (χ1) is 17.6. The fourth-order valence-corrected chi connectivity index (χ4v) is 5.55. The Morgan fingerprint density at radius 1 is 1.27 bits per heavy atom. The van der Waals surface area contributed by atoms with Crippen molar-refractivity contribution >= 4 is 52.0 Å². The molecule has 1 saturated heterocycles. The zero-order chi connectivity index (χ0) is 27.3. The number of nitrogens with two attached hydrogens (primary N) is 1. The highest BCUT2D eigenvalue weighted by atomic mass is 32.2. The number of ether oxygens (including phenoxy) is 4. The second kappa shape index (κ2) is 12.4. The minimum absolute atomic E-state index is 0.0642. The molecule has 4 N–H and O–H groups in total. The van der Waals surface area contributed by atoms with Gasteiger partial charge in [-0.1, -0.05) is 5.16 Å². The summed E-state index contributed by atoms with van der Waals surface area (Å²) >= 11 is 2.53. The van der Waals surface area contributed by atoms with E-state index in [0.717, 1.165) is 11.3 Å². The number of nitrogen functional groups attached to an aromatic ring is 1. The zero-order valence-electron chi connectivity index (χ0n) is 20.8. The van der Waals surface area contributed by atoms with E-state index in [1.54, 1.807) is 19.2 Å². The van der Waals surface area contributed by atoms with Gasteiger partial charge in [0.05, 0.1) is 12.7 Å². The highest BCUT2D eigenvalue weighted by Crippen LogP contribution is 2.43. The van der Waals surface area contributed by atoms with Gasteiger partial charge in [0.25, 0.3) is 5.91 Å². The number of rotatable bonds is 10. The van der Waals surface area contributed by atoms with Crippen LogP contribution in [0.15, 0.2) is 21.8 Å². The molecule has 4 atom stereocenters. The molecule has 2 aliphatic rings. The van der Waals surface area contributed by atoms with Crippen LogP contribution in [0.2, 0.25) is 0 Å². The van der Waals surface area contributed by atoms with E-state index >= 15 is 0 Å². The summed E-state index contributed by atoms with van der Waals surface area (Å²) in [6.45, 7) is 4.76. The lowest BCUT2D eigenvalue weighted by molar-refractivity contribution is -0.172. The van der Waals surface area contributed by atoms with Crippen LogP contribution in [0.25, 0.3) is 0 Å². The van der Waals surface area contributed by atoms with Crippen LogP contribution in [0.4, 0.5) is 9.93 Å². The lowest BCUT2D eigenvalue weighted by Crippen LogP contribution is -2.73. The third kappa shape index (κ3) is 6.63. The predicted molar refractivity (Wildman–Crippen MR) is 133 cm³/mol. The van der Waals surface area contributed by atoms with Crippen molar-refractivity contribution in [3.05, 3.63) is 22.3 Å². The first kappa shape index (κ1) is 28.5. The van der Waals surface area contributed by atoms with Crippen LogP contribution in [-0.4, -0.2) is 95.4 Å². The first-order valence-electron chi connectivity index (χ1n) is 11.1. The molecular weight excluding hydrogens is 530 g/mol. The Kier molecular flexibility index (Phi) is 9.58. The molecule has 14 nitrogen and oxygen atoms in total. The average Bonchev–Trinajstić information content (AvgIpc) is 3.25. The van der Waals surface area contributed by atoms with Gasteiger partial charge in [0.15, 0.2) is 17.1 Å². The maximum absolute atomic E-state index is 13.1. The van der Waals surface area contributed by atoms with E-state index < -0.39 is 48.1 Å². The van der Waals surface area contributed by atoms with E-state index in [-0.39, 0.29) is 28.8 Å². The summed E-state index contributed by atoms with van der Waals surface area (Å²) in [6.07, 6.45) is -3.92. The smallest absolute Gasteiger partial charge is 0.431 e. The Balaban J connectivity index is 1.73. The van der Waals surface area contributed by atoms with Crippen LogP contribution in [0.3, 0.4) is 0 Å². The minimum atomic E-state index is -1.28. The molecule has 0 radical (unpaired) electrons. The SMILES string of the molecule is COCC1=C(C(=O)OC(C)OC(=O)OC(C)C)N2C(O)[C@@H](NC(=O)/C(=N\OC)c3csc(N)n3)[C@H]2SC1. The molecular formula is C21H29N5O9S2. The Labute approximate surface area is 221 Å². The number of aliphatic hydroxyl groups excluding tert-OH is 1. The van der Waals surface area contributed by atoms with Crippen molar-refractivity contribution < 1.29 is 43.3 Å². The maximum Gasteiger partial charge on any atom is 0.511 e. The minimum Gasteiger partial charge on any atom is -0.431 e. The Morgan fingerprint density at radius 2 is 2.00 bits per heavy atom. The normalized spacial score (nSPS) is 22.1. The van der Waals surface area contributed by atoms with Gasteiger partial charge >= 0.3 is 12.1 Å². The van der Waals surface area contributed by atoms with Gasteiger partial charge in [-0.05, 0) is 19.4 Å². The maximum atomic E-state index is 13.1. The fourth-order valence-electron chi connectivity index (χ4n) is 3.60. The number of amides is 1. The number of aliphatic hydroxyl groups is 1. The molecule has 0 spiro atoms. The molecule has 1 aromatic rings. The second-order valence-electron chi connectivity index (χ2n) is 8.11. The number of aromatic nitrogens is 1. The van der Waals surface area contributed by atoms with Crippen molar-refractivity contribution in [3.63, 3.8) is 0 Å². The molecule has 37 heavy (non-hydrogen) atoms. The number of nitrogens with one attached hydrogen (secondary N) is 1. The number of hydrogen-bond donors (Lipinski definition) is 3. The van der Waals surface area contributed by atoms with Crippen LogP contribution in [0.1, 0.15) is 26.5 Å². The molecule has 1 aromatic heterocycles. The molecule has 2 aliphatic heterocycles. The summed E-state index contributed by atoms with van der Waals surface area (Å²) in [5.41, 5.74) is 6.40. The Morgan fingerprint density at radius 3 is 2.59 bits per heavy atom. The number of carbonyl (C=O) groups is 3. The third-order valence-electron chi connectivity index (χ3n) is 5.05.